The molecule has 0 aromatic heterocycles. The molecular formula is C11H17NO. The van der Waals surface area contributed by atoms with Crippen LogP contribution in [0.2, 0.25) is 0 Å². The van der Waals surface area contributed by atoms with Crippen LogP contribution in [0.5, 0.6) is 5.75 Å². The summed E-state index contributed by atoms with van der Waals surface area (Å²) >= 11 is 0. The summed E-state index contributed by atoms with van der Waals surface area (Å²) in [5.74, 6) is 0.898. The maximum absolute atomic E-state index is 5.65. The van der Waals surface area contributed by atoms with Gasteiger partial charge in [-0.3, -0.25) is 0 Å². The quantitative estimate of drug-likeness (QED) is 0.721. The molecule has 0 unspecified atom stereocenters. The van der Waals surface area contributed by atoms with E-state index in [-0.39, 0.29) is 6.10 Å². The number of ether oxygens (including phenoxy) is 1. The van der Waals surface area contributed by atoms with Gasteiger partial charge < -0.3 is 10.5 Å². The second-order valence-corrected chi connectivity index (χ2v) is 3.29. The van der Waals surface area contributed by atoms with Gasteiger partial charge >= 0.3 is 0 Å². The Morgan fingerprint density at radius 3 is 2.46 bits per heavy atom. The van der Waals surface area contributed by atoms with E-state index in [1.54, 1.807) is 0 Å². The van der Waals surface area contributed by atoms with E-state index in [0.29, 0.717) is 0 Å². The molecule has 0 saturated carbocycles. The van der Waals surface area contributed by atoms with Crippen molar-refractivity contribution in [3.63, 3.8) is 0 Å². The molecule has 2 nitrogen and oxygen atoms in total. The van der Waals surface area contributed by atoms with Crippen molar-refractivity contribution >= 4 is 5.69 Å². The van der Waals surface area contributed by atoms with Crippen LogP contribution in [0, 0.1) is 0 Å². The van der Waals surface area contributed by atoms with Crippen molar-refractivity contribution in [2.45, 2.75) is 32.8 Å². The van der Waals surface area contributed by atoms with Crippen molar-refractivity contribution in [2.75, 3.05) is 5.73 Å². The monoisotopic (exact) mass is 179 g/mol. The number of benzene rings is 1. The van der Waals surface area contributed by atoms with Crippen LogP contribution in [0.4, 0.5) is 5.69 Å². The molecule has 2 heteroatoms. The van der Waals surface area contributed by atoms with Crippen LogP contribution in [-0.4, -0.2) is 6.10 Å². The number of rotatable bonds is 4. The van der Waals surface area contributed by atoms with Crippen molar-refractivity contribution in [1.82, 2.24) is 0 Å². The van der Waals surface area contributed by atoms with Crippen LogP contribution in [0.15, 0.2) is 24.3 Å². The molecule has 72 valence electrons. The zero-order chi connectivity index (χ0) is 9.68. The molecule has 0 heterocycles. The van der Waals surface area contributed by atoms with Gasteiger partial charge in [-0.1, -0.05) is 13.3 Å². The molecule has 1 aromatic carbocycles. The molecule has 0 saturated heterocycles. The third-order valence-electron chi connectivity index (χ3n) is 1.91. The maximum atomic E-state index is 5.65. The number of nitrogen functional groups attached to an aromatic ring is 1. The first-order valence-corrected chi connectivity index (χ1v) is 4.74. The molecule has 0 bridgehead atoms. The van der Waals surface area contributed by atoms with E-state index in [2.05, 4.69) is 13.8 Å². The van der Waals surface area contributed by atoms with Gasteiger partial charge in [-0.05, 0) is 37.6 Å². The van der Waals surface area contributed by atoms with Gasteiger partial charge in [0.05, 0.1) is 6.10 Å². The Bertz CT molecular complexity index is 243. The zero-order valence-corrected chi connectivity index (χ0v) is 8.29. The molecule has 0 spiro atoms. The van der Waals surface area contributed by atoms with Crippen molar-refractivity contribution in [1.29, 1.82) is 0 Å². The Morgan fingerprint density at radius 1 is 1.31 bits per heavy atom. The first-order valence-electron chi connectivity index (χ1n) is 4.74. The van der Waals surface area contributed by atoms with Crippen LogP contribution in [0.1, 0.15) is 26.7 Å². The average molecular weight is 179 g/mol. The van der Waals surface area contributed by atoms with Gasteiger partial charge in [0.15, 0.2) is 0 Å². The lowest BCUT2D eigenvalue weighted by Gasteiger charge is -2.13. The minimum Gasteiger partial charge on any atom is -0.491 e. The van der Waals surface area contributed by atoms with E-state index in [1.807, 2.05) is 24.3 Å². The lowest BCUT2D eigenvalue weighted by molar-refractivity contribution is 0.210. The summed E-state index contributed by atoms with van der Waals surface area (Å²) in [6.45, 7) is 4.24. The highest BCUT2D eigenvalue weighted by Gasteiger charge is 2.01. The van der Waals surface area contributed by atoms with Crippen molar-refractivity contribution in [2.24, 2.45) is 0 Å². The third kappa shape index (κ3) is 3.36. The number of hydrogen-bond donors (Lipinski definition) is 1. The normalized spacial score (nSPS) is 12.5. The van der Waals surface area contributed by atoms with Crippen molar-refractivity contribution in [3.05, 3.63) is 24.3 Å². The van der Waals surface area contributed by atoms with Gasteiger partial charge in [-0.2, -0.15) is 0 Å². The fourth-order valence-electron chi connectivity index (χ4n) is 1.24. The van der Waals surface area contributed by atoms with E-state index in [4.69, 9.17) is 10.5 Å². The third-order valence-corrected chi connectivity index (χ3v) is 1.91. The molecule has 0 amide bonds. The Morgan fingerprint density at radius 2 is 1.92 bits per heavy atom. The van der Waals surface area contributed by atoms with E-state index in [0.717, 1.165) is 24.3 Å². The summed E-state index contributed by atoms with van der Waals surface area (Å²) in [5.41, 5.74) is 6.33. The highest BCUT2D eigenvalue weighted by Crippen LogP contribution is 2.15. The lowest BCUT2D eigenvalue weighted by atomic mass is 10.2. The molecule has 0 aliphatic heterocycles. The Balaban J connectivity index is 2.49. The zero-order valence-electron chi connectivity index (χ0n) is 8.29. The summed E-state index contributed by atoms with van der Waals surface area (Å²) in [6, 6.07) is 7.52. The second-order valence-electron chi connectivity index (χ2n) is 3.29. The molecule has 0 aliphatic rings. The predicted molar refractivity (Wildman–Crippen MR) is 55.9 cm³/mol. The maximum Gasteiger partial charge on any atom is 0.119 e. The highest BCUT2D eigenvalue weighted by atomic mass is 16.5. The van der Waals surface area contributed by atoms with Gasteiger partial charge in [0.1, 0.15) is 5.75 Å². The SMILES string of the molecule is CCC[C@@H](C)Oc1ccc(N)cc1. The molecule has 1 rings (SSSR count). The van der Waals surface area contributed by atoms with E-state index < -0.39 is 0 Å². The molecule has 0 aliphatic carbocycles. The average Bonchev–Trinajstić information content (AvgIpc) is 2.09. The largest absolute Gasteiger partial charge is 0.491 e. The first-order chi connectivity index (χ1) is 6.22. The summed E-state index contributed by atoms with van der Waals surface area (Å²) in [6.07, 6.45) is 2.52. The first kappa shape index (κ1) is 9.90. The Labute approximate surface area is 79.7 Å². The number of hydrogen-bond acceptors (Lipinski definition) is 2. The molecule has 13 heavy (non-hydrogen) atoms. The molecule has 0 radical (unpaired) electrons. The summed E-state index contributed by atoms with van der Waals surface area (Å²) in [5, 5.41) is 0. The summed E-state index contributed by atoms with van der Waals surface area (Å²) in [7, 11) is 0. The second kappa shape index (κ2) is 4.75. The van der Waals surface area contributed by atoms with Gasteiger partial charge in [0.2, 0.25) is 0 Å². The van der Waals surface area contributed by atoms with Crippen LogP contribution in [0.3, 0.4) is 0 Å². The van der Waals surface area contributed by atoms with E-state index in [1.165, 1.54) is 0 Å². The minimum atomic E-state index is 0.286. The fraction of sp³-hybridized carbons (Fsp3) is 0.455. The summed E-state index contributed by atoms with van der Waals surface area (Å²) < 4.78 is 5.65. The molecule has 1 atom stereocenters. The molecular weight excluding hydrogens is 162 g/mol. The predicted octanol–water partition coefficient (Wildman–Crippen LogP) is 2.84. The fourth-order valence-corrected chi connectivity index (χ4v) is 1.24. The van der Waals surface area contributed by atoms with Crippen LogP contribution < -0.4 is 10.5 Å². The smallest absolute Gasteiger partial charge is 0.119 e. The minimum absolute atomic E-state index is 0.286. The Hall–Kier alpha value is -1.18. The van der Waals surface area contributed by atoms with Crippen LogP contribution in [-0.2, 0) is 0 Å². The number of anilines is 1. The van der Waals surface area contributed by atoms with Gasteiger partial charge in [0, 0.05) is 5.69 Å². The van der Waals surface area contributed by atoms with E-state index in [9.17, 15) is 0 Å². The van der Waals surface area contributed by atoms with Gasteiger partial charge in [-0.15, -0.1) is 0 Å². The van der Waals surface area contributed by atoms with Crippen LogP contribution in [0.25, 0.3) is 0 Å². The molecule has 2 N–H and O–H groups in total. The molecule has 0 fully saturated rings. The standard InChI is InChI=1S/C11H17NO/c1-3-4-9(2)13-11-7-5-10(12)6-8-11/h5-9H,3-4,12H2,1-2H3/t9-/m1/s1. The van der Waals surface area contributed by atoms with Crippen molar-refractivity contribution in [3.8, 4) is 5.75 Å². The topological polar surface area (TPSA) is 35.2 Å². The van der Waals surface area contributed by atoms with Gasteiger partial charge in [-0.25, -0.2) is 0 Å². The van der Waals surface area contributed by atoms with Crippen LogP contribution >= 0.6 is 0 Å². The van der Waals surface area contributed by atoms with Crippen molar-refractivity contribution < 1.29 is 4.74 Å². The van der Waals surface area contributed by atoms with Gasteiger partial charge in [0.25, 0.3) is 0 Å². The highest BCUT2D eigenvalue weighted by molar-refractivity contribution is 5.41. The van der Waals surface area contributed by atoms with E-state index >= 15 is 0 Å². The molecule has 1 aromatic rings. The Kier molecular flexibility index (Phi) is 3.62. The lowest BCUT2D eigenvalue weighted by Crippen LogP contribution is -2.10. The number of nitrogens with two attached hydrogens (primary N) is 1. The summed E-state index contributed by atoms with van der Waals surface area (Å²) in [4.78, 5) is 0.